The highest BCUT2D eigenvalue weighted by molar-refractivity contribution is 5.82. The van der Waals surface area contributed by atoms with E-state index in [0.717, 1.165) is 38.0 Å². The summed E-state index contributed by atoms with van der Waals surface area (Å²) in [5.41, 5.74) is 6.27. The van der Waals surface area contributed by atoms with Crippen molar-refractivity contribution in [1.82, 2.24) is 20.4 Å². The monoisotopic (exact) mass is 352 g/mol. The Bertz CT molecular complexity index is 782. The third kappa shape index (κ3) is 3.40. The number of H-pyrrole nitrogens is 1. The van der Waals surface area contributed by atoms with Crippen molar-refractivity contribution in [3.63, 3.8) is 0 Å². The molecule has 0 spiro atoms. The molecule has 1 aliphatic carbocycles. The summed E-state index contributed by atoms with van der Waals surface area (Å²) < 4.78 is 0. The molecule has 0 unspecified atom stereocenters. The molecule has 0 saturated heterocycles. The number of nitrogens with one attached hydrogen (secondary N) is 2. The van der Waals surface area contributed by atoms with Crippen LogP contribution in [0, 0.1) is 0 Å². The van der Waals surface area contributed by atoms with Crippen LogP contribution in [0.3, 0.4) is 0 Å². The van der Waals surface area contributed by atoms with Gasteiger partial charge >= 0.3 is 0 Å². The van der Waals surface area contributed by atoms with E-state index >= 15 is 0 Å². The number of aromatic nitrogens is 2. The zero-order chi connectivity index (χ0) is 17.9. The number of carbonyl (C=O) groups excluding carboxylic acids is 1. The Labute approximate surface area is 155 Å². The zero-order valence-corrected chi connectivity index (χ0v) is 15.6. The van der Waals surface area contributed by atoms with Gasteiger partial charge in [-0.2, -0.15) is 5.10 Å². The molecule has 0 fully saturated rings. The molecule has 1 aliphatic heterocycles. The van der Waals surface area contributed by atoms with Crippen LogP contribution >= 0.6 is 0 Å². The van der Waals surface area contributed by atoms with Crippen molar-refractivity contribution in [3.05, 3.63) is 52.3 Å². The molecule has 1 amide bonds. The van der Waals surface area contributed by atoms with Crippen LogP contribution in [0.1, 0.15) is 54.3 Å². The molecule has 1 atom stereocenters. The van der Waals surface area contributed by atoms with Crippen LogP contribution < -0.4 is 5.32 Å². The van der Waals surface area contributed by atoms with E-state index < -0.39 is 0 Å². The summed E-state index contributed by atoms with van der Waals surface area (Å²) in [5.74, 6) is 0.117. The highest BCUT2D eigenvalue weighted by Gasteiger charge is 2.30. The van der Waals surface area contributed by atoms with E-state index in [1.807, 2.05) is 0 Å². The number of likely N-dealkylation sites (N-methyl/N-ethyl adjacent to an activating group) is 1. The minimum atomic E-state index is -0.0903. The highest BCUT2D eigenvalue weighted by atomic mass is 16.2. The van der Waals surface area contributed by atoms with Gasteiger partial charge in [0.25, 0.3) is 0 Å². The van der Waals surface area contributed by atoms with E-state index in [1.165, 1.54) is 41.6 Å². The third-order valence-corrected chi connectivity index (χ3v) is 5.88. The van der Waals surface area contributed by atoms with Crippen molar-refractivity contribution in [2.24, 2.45) is 0 Å². The predicted molar refractivity (Wildman–Crippen MR) is 102 cm³/mol. The number of carbonyl (C=O) groups is 1. The molecule has 5 heteroatoms. The fraction of sp³-hybridized carbons (Fsp3) is 0.524. The van der Waals surface area contributed by atoms with E-state index in [2.05, 4.69) is 51.6 Å². The van der Waals surface area contributed by atoms with Gasteiger partial charge in [-0.25, -0.2) is 0 Å². The maximum atomic E-state index is 12.9. The minimum Gasteiger partial charge on any atom is -0.349 e. The first-order valence-corrected chi connectivity index (χ1v) is 9.89. The van der Waals surface area contributed by atoms with Crippen molar-refractivity contribution in [2.75, 3.05) is 6.54 Å². The number of hydrogen-bond acceptors (Lipinski definition) is 3. The van der Waals surface area contributed by atoms with E-state index in [0.29, 0.717) is 6.54 Å². The first-order valence-electron chi connectivity index (χ1n) is 9.89. The smallest absolute Gasteiger partial charge is 0.238 e. The Morgan fingerprint density at radius 3 is 2.88 bits per heavy atom. The average molecular weight is 352 g/mol. The Balaban J connectivity index is 1.44. The summed E-state index contributed by atoms with van der Waals surface area (Å²) in [6.07, 6.45) is 6.68. The molecule has 26 heavy (non-hydrogen) atoms. The molecule has 0 radical (unpaired) electrons. The summed E-state index contributed by atoms with van der Waals surface area (Å²) in [5, 5.41) is 10.8. The summed E-state index contributed by atoms with van der Waals surface area (Å²) in [6.45, 7) is 4.38. The fourth-order valence-corrected chi connectivity index (χ4v) is 4.33. The molecule has 2 aliphatic rings. The Morgan fingerprint density at radius 2 is 2.04 bits per heavy atom. The summed E-state index contributed by atoms with van der Waals surface area (Å²) in [4.78, 5) is 15.2. The Hall–Kier alpha value is -2.14. The van der Waals surface area contributed by atoms with Crippen LogP contribution in [0.4, 0.5) is 0 Å². The van der Waals surface area contributed by atoms with Crippen molar-refractivity contribution in [3.8, 4) is 0 Å². The highest BCUT2D eigenvalue weighted by Crippen LogP contribution is 2.24. The minimum absolute atomic E-state index is 0.0903. The van der Waals surface area contributed by atoms with E-state index in [1.54, 1.807) is 0 Å². The number of aryl methyl sites for hydroxylation is 1. The lowest BCUT2D eigenvalue weighted by Gasteiger charge is -2.35. The molecular formula is C21H28N4O. The molecule has 2 heterocycles. The second-order valence-electron chi connectivity index (χ2n) is 7.46. The lowest BCUT2D eigenvalue weighted by atomic mass is 9.93. The number of hydrogen-bond donors (Lipinski definition) is 2. The number of benzene rings is 1. The van der Waals surface area contributed by atoms with E-state index in [-0.39, 0.29) is 11.9 Å². The molecule has 2 N–H and O–H groups in total. The number of nitrogens with zero attached hydrogens (tertiary/aromatic N) is 2. The largest absolute Gasteiger partial charge is 0.349 e. The number of amides is 1. The second-order valence-corrected chi connectivity index (χ2v) is 7.46. The van der Waals surface area contributed by atoms with Crippen LogP contribution in [0.15, 0.2) is 24.3 Å². The lowest BCUT2D eigenvalue weighted by molar-refractivity contribution is -0.127. The first-order chi connectivity index (χ1) is 12.8. The molecule has 138 valence electrons. The maximum Gasteiger partial charge on any atom is 0.238 e. The SMILES string of the molecule is CCN1Cc2ccccc2C[C@H]1C(=O)NCc1n[nH]c2c1CCCCC2. The van der Waals surface area contributed by atoms with Gasteiger partial charge in [-0.3, -0.25) is 14.8 Å². The summed E-state index contributed by atoms with van der Waals surface area (Å²) in [6, 6.07) is 8.37. The van der Waals surface area contributed by atoms with Gasteiger partial charge in [0.2, 0.25) is 5.91 Å². The van der Waals surface area contributed by atoms with Crippen molar-refractivity contribution < 1.29 is 4.79 Å². The Morgan fingerprint density at radius 1 is 1.23 bits per heavy atom. The first kappa shape index (κ1) is 17.3. The van der Waals surface area contributed by atoms with Gasteiger partial charge < -0.3 is 5.32 Å². The number of aromatic amines is 1. The zero-order valence-electron chi connectivity index (χ0n) is 15.6. The summed E-state index contributed by atoms with van der Waals surface area (Å²) in [7, 11) is 0. The molecule has 2 aromatic rings. The molecule has 4 rings (SSSR count). The van der Waals surface area contributed by atoms with Gasteiger partial charge in [-0.1, -0.05) is 37.6 Å². The molecule has 0 bridgehead atoms. The van der Waals surface area contributed by atoms with E-state index in [4.69, 9.17) is 0 Å². The normalized spacial score (nSPS) is 20.1. The third-order valence-electron chi connectivity index (χ3n) is 5.88. The van der Waals surface area contributed by atoms with Crippen LogP contribution in [0.25, 0.3) is 0 Å². The molecule has 5 nitrogen and oxygen atoms in total. The summed E-state index contributed by atoms with van der Waals surface area (Å²) >= 11 is 0. The van der Waals surface area contributed by atoms with Gasteiger partial charge in [0.1, 0.15) is 0 Å². The van der Waals surface area contributed by atoms with Gasteiger partial charge in [-0.15, -0.1) is 0 Å². The van der Waals surface area contributed by atoms with Crippen LogP contribution in [0.2, 0.25) is 0 Å². The van der Waals surface area contributed by atoms with Gasteiger partial charge in [0.05, 0.1) is 18.3 Å². The van der Waals surface area contributed by atoms with E-state index in [9.17, 15) is 4.79 Å². The fourth-order valence-electron chi connectivity index (χ4n) is 4.33. The van der Waals surface area contributed by atoms with Crippen molar-refractivity contribution in [2.45, 2.75) is 64.6 Å². The topological polar surface area (TPSA) is 61.0 Å². The van der Waals surface area contributed by atoms with Crippen LogP contribution in [-0.2, 0) is 37.1 Å². The van der Waals surface area contributed by atoms with Crippen LogP contribution in [-0.4, -0.2) is 33.6 Å². The second kappa shape index (κ2) is 7.62. The number of fused-ring (bicyclic) bond motifs is 2. The standard InChI is InChI=1S/C21H28N4O/c1-2-25-14-16-9-7-6-8-15(16)12-20(25)21(26)22-13-19-17-10-4-3-5-11-18(17)23-24-19/h6-9,20H,2-5,10-14H2,1H3,(H,22,26)(H,23,24)/t20-/m0/s1. The van der Waals surface area contributed by atoms with Gasteiger partial charge in [0.15, 0.2) is 0 Å². The average Bonchev–Trinajstić information content (AvgIpc) is 2.91. The molecular weight excluding hydrogens is 324 g/mol. The van der Waals surface area contributed by atoms with Crippen molar-refractivity contribution in [1.29, 1.82) is 0 Å². The van der Waals surface area contributed by atoms with Crippen molar-refractivity contribution >= 4 is 5.91 Å². The van der Waals surface area contributed by atoms with Crippen LogP contribution in [0.5, 0.6) is 0 Å². The predicted octanol–water partition coefficient (Wildman–Crippen LogP) is 2.74. The van der Waals surface area contributed by atoms with Gasteiger partial charge in [0, 0.05) is 12.2 Å². The molecule has 1 aromatic heterocycles. The lowest BCUT2D eigenvalue weighted by Crippen LogP contribution is -2.50. The maximum absolute atomic E-state index is 12.9. The molecule has 1 aromatic carbocycles. The Kier molecular flexibility index (Phi) is 5.07. The number of rotatable bonds is 4. The molecule has 0 saturated carbocycles. The quantitative estimate of drug-likeness (QED) is 0.832. The van der Waals surface area contributed by atoms with Gasteiger partial charge in [-0.05, 0) is 55.3 Å².